The predicted molar refractivity (Wildman–Crippen MR) is 120 cm³/mol. The molecule has 0 saturated carbocycles. The molecule has 2 atom stereocenters. The van der Waals surface area contributed by atoms with Gasteiger partial charge >= 0.3 is 0 Å². The van der Waals surface area contributed by atoms with Gasteiger partial charge in [0.25, 0.3) is 0 Å². The molecule has 5 nitrogen and oxygen atoms in total. The van der Waals surface area contributed by atoms with E-state index in [-0.39, 0.29) is 11.9 Å². The molecule has 7 heteroatoms. The average molecular weight is 445 g/mol. The van der Waals surface area contributed by atoms with E-state index in [1.807, 2.05) is 45.0 Å². The highest BCUT2D eigenvalue weighted by atomic mass is 32.2. The molecule has 0 bridgehead atoms. The highest BCUT2D eigenvalue weighted by Crippen LogP contribution is 2.36. The van der Waals surface area contributed by atoms with Crippen molar-refractivity contribution in [2.75, 3.05) is 12.3 Å². The summed E-state index contributed by atoms with van der Waals surface area (Å²) >= 11 is 1.80. The Bertz CT molecular complexity index is 1060. The molecule has 160 valence electrons. The Morgan fingerprint density at radius 3 is 2.53 bits per heavy atom. The SMILES string of the molecule is Cc1cc(C)c(S(=O)(=O)N2CCC[C@@H]2C(=O)N[C@H]2CCSc3ccccc32)c(C)c1. The summed E-state index contributed by atoms with van der Waals surface area (Å²) in [6.07, 6.45) is 2.10. The lowest BCUT2D eigenvalue weighted by molar-refractivity contribution is -0.125. The second-order valence-corrected chi connectivity index (χ2v) is 11.2. The van der Waals surface area contributed by atoms with E-state index in [0.717, 1.165) is 34.4 Å². The van der Waals surface area contributed by atoms with Gasteiger partial charge in [0.05, 0.1) is 10.9 Å². The van der Waals surface area contributed by atoms with Crippen molar-refractivity contribution in [2.45, 2.75) is 61.9 Å². The zero-order chi connectivity index (χ0) is 21.5. The second-order valence-electron chi connectivity index (χ2n) is 8.24. The maximum Gasteiger partial charge on any atom is 0.244 e. The fourth-order valence-corrected chi connectivity index (χ4v) is 7.94. The number of nitrogens with one attached hydrogen (secondary N) is 1. The van der Waals surface area contributed by atoms with Crippen LogP contribution in [0.3, 0.4) is 0 Å². The van der Waals surface area contributed by atoms with Gasteiger partial charge in [-0.1, -0.05) is 35.9 Å². The summed E-state index contributed by atoms with van der Waals surface area (Å²) in [5.41, 5.74) is 3.63. The number of rotatable bonds is 4. The number of hydrogen-bond acceptors (Lipinski definition) is 4. The number of sulfonamides is 1. The van der Waals surface area contributed by atoms with Gasteiger partial charge in [-0.3, -0.25) is 4.79 Å². The summed E-state index contributed by atoms with van der Waals surface area (Å²) in [7, 11) is -3.74. The predicted octanol–water partition coefficient (Wildman–Crippen LogP) is 4.12. The second kappa shape index (κ2) is 8.36. The molecule has 2 aliphatic rings. The number of aryl methyl sites for hydroxylation is 3. The Hall–Kier alpha value is -1.83. The van der Waals surface area contributed by atoms with Gasteiger partial charge in [0, 0.05) is 17.2 Å². The van der Waals surface area contributed by atoms with Gasteiger partial charge in [-0.05, 0) is 62.8 Å². The Morgan fingerprint density at radius 2 is 1.80 bits per heavy atom. The molecule has 2 aliphatic heterocycles. The van der Waals surface area contributed by atoms with Crippen molar-refractivity contribution < 1.29 is 13.2 Å². The summed E-state index contributed by atoms with van der Waals surface area (Å²) in [5, 5.41) is 3.15. The molecule has 0 aromatic heterocycles. The molecule has 0 radical (unpaired) electrons. The van der Waals surface area contributed by atoms with Gasteiger partial charge in [-0.15, -0.1) is 11.8 Å². The van der Waals surface area contributed by atoms with Crippen molar-refractivity contribution in [1.29, 1.82) is 0 Å². The monoisotopic (exact) mass is 444 g/mol. The van der Waals surface area contributed by atoms with Crippen LogP contribution in [0.15, 0.2) is 46.2 Å². The summed E-state index contributed by atoms with van der Waals surface area (Å²) in [4.78, 5) is 14.7. The van der Waals surface area contributed by atoms with Gasteiger partial charge in [0.2, 0.25) is 15.9 Å². The molecule has 1 saturated heterocycles. The maximum atomic E-state index is 13.5. The molecule has 1 N–H and O–H groups in total. The van der Waals surface area contributed by atoms with Crippen molar-refractivity contribution in [3.63, 3.8) is 0 Å². The number of hydrogen-bond donors (Lipinski definition) is 1. The van der Waals surface area contributed by atoms with Crippen molar-refractivity contribution in [2.24, 2.45) is 0 Å². The fraction of sp³-hybridized carbons (Fsp3) is 0.435. The van der Waals surface area contributed by atoms with E-state index in [1.165, 1.54) is 9.20 Å². The van der Waals surface area contributed by atoms with Crippen LogP contribution in [0.1, 0.15) is 47.6 Å². The van der Waals surface area contributed by atoms with Gasteiger partial charge in [0.1, 0.15) is 6.04 Å². The van der Waals surface area contributed by atoms with E-state index < -0.39 is 16.1 Å². The van der Waals surface area contributed by atoms with E-state index in [2.05, 4.69) is 17.4 Å². The van der Waals surface area contributed by atoms with E-state index in [4.69, 9.17) is 0 Å². The topological polar surface area (TPSA) is 66.5 Å². The van der Waals surface area contributed by atoms with Crippen molar-refractivity contribution in [1.82, 2.24) is 9.62 Å². The zero-order valence-electron chi connectivity index (χ0n) is 17.6. The Kier molecular flexibility index (Phi) is 5.97. The minimum absolute atomic E-state index is 0.0667. The summed E-state index contributed by atoms with van der Waals surface area (Å²) in [5.74, 6) is 0.751. The highest BCUT2D eigenvalue weighted by Gasteiger charge is 2.41. The zero-order valence-corrected chi connectivity index (χ0v) is 19.3. The number of fused-ring (bicyclic) bond motifs is 1. The Morgan fingerprint density at radius 1 is 1.10 bits per heavy atom. The number of benzene rings is 2. The number of thioether (sulfide) groups is 1. The minimum atomic E-state index is -3.74. The van der Waals surface area contributed by atoms with Crippen LogP contribution in [0.4, 0.5) is 0 Å². The highest BCUT2D eigenvalue weighted by molar-refractivity contribution is 7.99. The molecule has 2 aromatic carbocycles. The molecule has 0 spiro atoms. The van der Waals surface area contributed by atoms with Gasteiger partial charge < -0.3 is 5.32 Å². The number of carbonyl (C=O) groups excluding carboxylic acids is 1. The van der Waals surface area contributed by atoms with Crippen LogP contribution in [-0.2, 0) is 14.8 Å². The molecule has 30 heavy (non-hydrogen) atoms. The summed E-state index contributed by atoms with van der Waals surface area (Å²) in [6, 6.07) is 11.2. The first-order chi connectivity index (χ1) is 14.3. The Balaban J connectivity index is 1.59. The van der Waals surface area contributed by atoms with E-state index >= 15 is 0 Å². The third-order valence-electron chi connectivity index (χ3n) is 5.95. The summed E-state index contributed by atoms with van der Waals surface area (Å²) in [6.45, 7) is 6.00. The van der Waals surface area contributed by atoms with Crippen LogP contribution in [0.2, 0.25) is 0 Å². The lowest BCUT2D eigenvalue weighted by atomic mass is 10.0. The third-order valence-corrected chi connectivity index (χ3v) is 9.29. The van der Waals surface area contributed by atoms with Crippen molar-refractivity contribution >= 4 is 27.7 Å². The lowest BCUT2D eigenvalue weighted by Crippen LogP contribution is -2.47. The van der Waals surface area contributed by atoms with E-state index in [9.17, 15) is 13.2 Å². The van der Waals surface area contributed by atoms with Crippen LogP contribution in [-0.4, -0.2) is 37.0 Å². The fourth-order valence-electron chi connectivity index (χ4n) is 4.74. The van der Waals surface area contributed by atoms with Crippen molar-refractivity contribution in [3.8, 4) is 0 Å². The molecule has 1 fully saturated rings. The van der Waals surface area contributed by atoms with Crippen LogP contribution in [0.25, 0.3) is 0 Å². The van der Waals surface area contributed by atoms with E-state index in [0.29, 0.717) is 24.3 Å². The molecule has 2 aromatic rings. The molecular weight excluding hydrogens is 416 g/mol. The first-order valence-corrected chi connectivity index (χ1v) is 12.8. The average Bonchev–Trinajstić information content (AvgIpc) is 3.18. The molecule has 2 heterocycles. The van der Waals surface area contributed by atoms with Crippen LogP contribution in [0, 0.1) is 20.8 Å². The normalized spacial score (nSPS) is 22.0. The minimum Gasteiger partial charge on any atom is -0.348 e. The first kappa shape index (κ1) is 21.4. The lowest BCUT2D eigenvalue weighted by Gasteiger charge is -2.29. The van der Waals surface area contributed by atoms with Crippen LogP contribution < -0.4 is 5.32 Å². The standard InChI is InChI=1S/C23H28N2O3S2/c1-15-13-16(2)22(17(3)14-15)30(27,28)25-11-6-8-20(25)23(26)24-19-10-12-29-21-9-5-4-7-18(19)21/h4-5,7,9,13-14,19-20H,6,8,10-12H2,1-3H3,(H,24,26)/t19-,20+/m0/s1. The number of carbonyl (C=O) groups is 1. The quantitative estimate of drug-likeness (QED) is 0.770. The van der Waals surface area contributed by atoms with Crippen LogP contribution >= 0.6 is 11.8 Å². The first-order valence-electron chi connectivity index (χ1n) is 10.4. The van der Waals surface area contributed by atoms with Gasteiger partial charge in [-0.2, -0.15) is 4.31 Å². The molecule has 0 aliphatic carbocycles. The number of nitrogens with zero attached hydrogens (tertiary/aromatic N) is 1. The van der Waals surface area contributed by atoms with Gasteiger partial charge in [0.15, 0.2) is 0 Å². The van der Waals surface area contributed by atoms with Gasteiger partial charge in [-0.25, -0.2) is 8.42 Å². The Labute approximate surface area is 183 Å². The number of amides is 1. The summed E-state index contributed by atoms with van der Waals surface area (Å²) < 4.78 is 28.5. The van der Waals surface area contributed by atoms with Crippen LogP contribution in [0.5, 0.6) is 0 Å². The molecule has 4 rings (SSSR count). The third kappa shape index (κ3) is 3.90. The smallest absolute Gasteiger partial charge is 0.244 e. The molecule has 0 unspecified atom stereocenters. The largest absolute Gasteiger partial charge is 0.348 e. The van der Waals surface area contributed by atoms with E-state index in [1.54, 1.807) is 11.8 Å². The maximum absolute atomic E-state index is 13.5. The van der Waals surface area contributed by atoms with Crippen molar-refractivity contribution in [3.05, 3.63) is 58.7 Å². The molecular formula is C23H28N2O3S2. The molecule has 1 amide bonds.